The Kier molecular flexibility index (Phi) is 6.01. The molecule has 1 aliphatic heterocycles. The average molecular weight is 348 g/mol. The lowest BCUT2D eigenvalue weighted by molar-refractivity contribution is -0.153. The number of carbonyl (C=O) groups is 3. The van der Waals surface area contributed by atoms with Gasteiger partial charge in [0.1, 0.15) is 11.8 Å². The third kappa shape index (κ3) is 4.29. The van der Waals surface area contributed by atoms with Crippen LogP contribution in [-0.2, 0) is 19.1 Å². The summed E-state index contributed by atoms with van der Waals surface area (Å²) in [6.07, 6.45) is -0.948. The molecule has 2 amide bonds. The molecule has 1 saturated heterocycles. The fraction of sp³-hybridized carbons (Fsp3) is 0.500. The van der Waals surface area contributed by atoms with Crippen molar-refractivity contribution in [3.63, 3.8) is 0 Å². The molecule has 0 spiro atoms. The number of nitrogens with zero attached hydrogens (tertiary/aromatic N) is 1. The minimum absolute atomic E-state index is 0.176. The fourth-order valence-corrected chi connectivity index (χ4v) is 2.75. The van der Waals surface area contributed by atoms with Crippen LogP contribution in [0.5, 0.6) is 5.75 Å². The highest BCUT2D eigenvalue weighted by Gasteiger charge is 2.37. The van der Waals surface area contributed by atoms with E-state index in [1.807, 2.05) is 26.0 Å². The number of amides is 2. The van der Waals surface area contributed by atoms with Crippen LogP contribution in [0.15, 0.2) is 18.2 Å². The molecule has 0 bridgehead atoms. The van der Waals surface area contributed by atoms with Gasteiger partial charge in [0.25, 0.3) is 5.91 Å². The molecule has 1 aromatic rings. The summed E-state index contributed by atoms with van der Waals surface area (Å²) in [5, 5.41) is 2.67. The predicted molar refractivity (Wildman–Crippen MR) is 91.1 cm³/mol. The molecule has 2 atom stereocenters. The zero-order valence-electron chi connectivity index (χ0n) is 15.0. The zero-order valence-corrected chi connectivity index (χ0v) is 15.0. The van der Waals surface area contributed by atoms with Crippen molar-refractivity contribution < 1.29 is 23.9 Å². The fourth-order valence-electron chi connectivity index (χ4n) is 2.75. The van der Waals surface area contributed by atoms with E-state index in [1.165, 1.54) is 12.0 Å². The summed E-state index contributed by atoms with van der Waals surface area (Å²) in [5.74, 6) is -0.594. The van der Waals surface area contributed by atoms with Crippen molar-refractivity contribution in [2.45, 2.75) is 39.3 Å². The quantitative estimate of drug-likeness (QED) is 0.801. The van der Waals surface area contributed by atoms with Gasteiger partial charge in [-0.3, -0.25) is 14.4 Å². The van der Waals surface area contributed by atoms with Crippen molar-refractivity contribution in [3.8, 4) is 5.75 Å². The molecule has 0 saturated carbocycles. The first kappa shape index (κ1) is 18.8. The van der Waals surface area contributed by atoms with E-state index >= 15 is 0 Å². The van der Waals surface area contributed by atoms with Crippen LogP contribution >= 0.6 is 0 Å². The summed E-state index contributed by atoms with van der Waals surface area (Å²) in [4.78, 5) is 37.8. The maximum atomic E-state index is 12.8. The van der Waals surface area contributed by atoms with E-state index in [2.05, 4.69) is 10.1 Å². The second-order valence-electron chi connectivity index (χ2n) is 6.08. The number of rotatable bonds is 5. The van der Waals surface area contributed by atoms with Crippen molar-refractivity contribution in [2.24, 2.45) is 0 Å². The first-order chi connectivity index (χ1) is 11.8. The van der Waals surface area contributed by atoms with Gasteiger partial charge in [0.05, 0.1) is 13.5 Å². The number of hydrogen-bond acceptors (Lipinski definition) is 5. The smallest absolute Gasteiger partial charge is 0.308 e. The summed E-state index contributed by atoms with van der Waals surface area (Å²) in [5.41, 5.74) is 2.03. The van der Waals surface area contributed by atoms with Crippen LogP contribution in [-0.4, -0.2) is 55.0 Å². The van der Waals surface area contributed by atoms with Gasteiger partial charge in [-0.25, -0.2) is 0 Å². The Morgan fingerprint density at radius 1 is 1.36 bits per heavy atom. The standard InChI is InChI=1S/C18H24N2O5/c1-11-6-5-7-15(12(11)2)25-13(3)18(23)20-9-8-19-17(22)14(20)10-16(21)24-4/h5-7,13-14H,8-10H2,1-4H3,(H,19,22). The number of ether oxygens (including phenoxy) is 2. The lowest BCUT2D eigenvalue weighted by Crippen LogP contribution is -2.60. The summed E-state index contributed by atoms with van der Waals surface area (Å²) in [6, 6.07) is 4.76. The Labute approximate surface area is 147 Å². The summed E-state index contributed by atoms with van der Waals surface area (Å²) in [7, 11) is 1.25. The van der Waals surface area contributed by atoms with E-state index in [1.54, 1.807) is 13.0 Å². The first-order valence-electron chi connectivity index (χ1n) is 8.23. The average Bonchev–Trinajstić information content (AvgIpc) is 2.59. The van der Waals surface area contributed by atoms with E-state index in [4.69, 9.17) is 4.74 Å². The van der Waals surface area contributed by atoms with Gasteiger partial charge in [-0.2, -0.15) is 0 Å². The first-order valence-corrected chi connectivity index (χ1v) is 8.23. The van der Waals surface area contributed by atoms with Gasteiger partial charge in [-0.05, 0) is 38.0 Å². The number of hydrogen-bond donors (Lipinski definition) is 1. The van der Waals surface area contributed by atoms with E-state index in [0.717, 1.165) is 11.1 Å². The molecule has 2 unspecified atom stereocenters. The molecule has 7 heteroatoms. The molecule has 1 N–H and O–H groups in total. The van der Waals surface area contributed by atoms with Crippen molar-refractivity contribution >= 4 is 17.8 Å². The number of esters is 1. The van der Waals surface area contributed by atoms with E-state index in [-0.39, 0.29) is 18.2 Å². The Morgan fingerprint density at radius 2 is 2.08 bits per heavy atom. The second kappa shape index (κ2) is 8.00. The molecule has 0 radical (unpaired) electrons. The number of nitrogens with one attached hydrogen (secondary N) is 1. The highest BCUT2D eigenvalue weighted by molar-refractivity contribution is 5.93. The maximum Gasteiger partial charge on any atom is 0.308 e. The predicted octanol–water partition coefficient (Wildman–Crippen LogP) is 0.961. The molecule has 136 valence electrons. The number of benzene rings is 1. The van der Waals surface area contributed by atoms with Crippen molar-refractivity contribution in [1.29, 1.82) is 0 Å². The van der Waals surface area contributed by atoms with Gasteiger partial charge in [-0.15, -0.1) is 0 Å². The maximum absolute atomic E-state index is 12.8. The highest BCUT2D eigenvalue weighted by atomic mass is 16.5. The van der Waals surface area contributed by atoms with Gasteiger partial charge in [-0.1, -0.05) is 12.1 Å². The molecule has 1 aliphatic rings. The number of methoxy groups -OCH3 is 1. The van der Waals surface area contributed by atoms with E-state index in [0.29, 0.717) is 18.8 Å². The van der Waals surface area contributed by atoms with Gasteiger partial charge in [0.2, 0.25) is 5.91 Å². The Hall–Kier alpha value is -2.57. The Bertz CT molecular complexity index is 673. The summed E-state index contributed by atoms with van der Waals surface area (Å²) in [6.45, 7) is 6.21. The molecular weight excluding hydrogens is 324 g/mol. The van der Waals surface area contributed by atoms with Crippen molar-refractivity contribution in [3.05, 3.63) is 29.3 Å². The van der Waals surface area contributed by atoms with Gasteiger partial charge in [0, 0.05) is 13.1 Å². The van der Waals surface area contributed by atoms with Crippen LogP contribution < -0.4 is 10.1 Å². The van der Waals surface area contributed by atoms with Gasteiger partial charge >= 0.3 is 5.97 Å². The molecule has 0 aromatic heterocycles. The minimum Gasteiger partial charge on any atom is -0.481 e. The Morgan fingerprint density at radius 3 is 2.76 bits per heavy atom. The Balaban J connectivity index is 2.14. The topological polar surface area (TPSA) is 84.9 Å². The third-order valence-corrected chi connectivity index (χ3v) is 4.41. The molecule has 1 aromatic carbocycles. The largest absolute Gasteiger partial charge is 0.481 e. The molecule has 0 aliphatic carbocycles. The van der Waals surface area contributed by atoms with Crippen LogP contribution in [0, 0.1) is 13.8 Å². The molecular formula is C18H24N2O5. The molecule has 1 fully saturated rings. The van der Waals surface area contributed by atoms with E-state index < -0.39 is 18.1 Å². The normalized spacial score (nSPS) is 18.3. The number of aryl methyl sites for hydroxylation is 1. The van der Waals surface area contributed by atoms with Crippen LogP contribution in [0.1, 0.15) is 24.5 Å². The summed E-state index contributed by atoms with van der Waals surface area (Å²) >= 11 is 0. The third-order valence-electron chi connectivity index (χ3n) is 4.41. The SMILES string of the molecule is COC(=O)CC1C(=O)NCCN1C(=O)C(C)Oc1cccc(C)c1C. The van der Waals surface area contributed by atoms with E-state index in [9.17, 15) is 14.4 Å². The molecule has 7 nitrogen and oxygen atoms in total. The lowest BCUT2D eigenvalue weighted by Gasteiger charge is -2.36. The number of carbonyl (C=O) groups excluding carboxylic acids is 3. The minimum atomic E-state index is -0.877. The molecule has 2 rings (SSSR count). The molecule has 25 heavy (non-hydrogen) atoms. The van der Waals surface area contributed by atoms with Crippen LogP contribution in [0.4, 0.5) is 0 Å². The van der Waals surface area contributed by atoms with Crippen molar-refractivity contribution in [2.75, 3.05) is 20.2 Å². The van der Waals surface area contributed by atoms with Crippen LogP contribution in [0.3, 0.4) is 0 Å². The zero-order chi connectivity index (χ0) is 18.6. The molecule has 1 heterocycles. The van der Waals surface area contributed by atoms with Crippen LogP contribution in [0.25, 0.3) is 0 Å². The lowest BCUT2D eigenvalue weighted by atomic mass is 10.1. The van der Waals surface area contributed by atoms with Crippen molar-refractivity contribution in [1.82, 2.24) is 10.2 Å². The van der Waals surface area contributed by atoms with Crippen LogP contribution in [0.2, 0.25) is 0 Å². The van der Waals surface area contributed by atoms with Gasteiger partial charge in [0.15, 0.2) is 6.10 Å². The second-order valence-corrected chi connectivity index (χ2v) is 6.08. The summed E-state index contributed by atoms with van der Waals surface area (Å²) < 4.78 is 10.4. The monoisotopic (exact) mass is 348 g/mol. The highest BCUT2D eigenvalue weighted by Crippen LogP contribution is 2.23. The number of piperazine rings is 1. The van der Waals surface area contributed by atoms with Gasteiger partial charge < -0.3 is 19.7 Å².